The van der Waals surface area contributed by atoms with Crippen LogP contribution < -0.4 is 0 Å². The number of hydrogen-bond donors (Lipinski definition) is 0. The van der Waals surface area contributed by atoms with E-state index in [-0.39, 0.29) is 5.92 Å². The summed E-state index contributed by atoms with van der Waals surface area (Å²) in [5, 5.41) is 0. The molecule has 0 fully saturated rings. The summed E-state index contributed by atoms with van der Waals surface area (Å²) in [7, 11) is 3.29. The van der Waals surface area contributed by atoms with Crippen molar-refractivity contribution in [1.82, 2.24) is 0 Å². The quantitative estimate of drug-likeness (QED) is 0.235. The number of hydrogen-bond acceptors (Lipinski definition) is 3. The van der Waals surface area contributed by atoms with E-state index in [4.69, 9.17) is 37.4 Å². The lowest BCUT2D eigenvalue weighted by atomic mass is 9.90. The zero-order valence-electron chi connectivity index (χ0n) is 15.3. The van der Waals surface area contributed by atoms with Gasteiger partial charge >= 0.3 is 0 Å². The Morgan fingerprint density at radius 1 is 1.04 bits per heavy atom. The van der Waals surface area contributed by atoms with Gasteiger partial charge in [0.2, 0.25) is 0 Å². The van der Waals surface area contributed by atoms with Crippen LogP contribution in [-0.2, 0) is 14.2 Å². The standard InChI is InChI=1S/C19H32Cl2O3/c1-4-5-6-7-8-9-10-11-24-19(23-3)13-16(14-20)18(22-2)12-17(19)15-21/h12-13,17H,4-11,14-15H2,1-3H3. The van der Waals surface area contributed by atoms with E-state index in [2.05, 4.69) is 6.92 Å². The molecule has 0 radical (unpaired) electrons. The van der Waals surface area contributed by atoms with Crippen LogP contribution in [0.4, 0.5) is 0 Å². The molecule has 3 nitrogen and oxygen atoms in total. The molecule has 0 heterocycles. The Balaban J connectivity index is 2.55. The van der Waals surface area contributed by atoms with Crippen molar-refractivity contribution in [3.8, 4) is 0 Å². The predicted molar refractivity (Wildman–Crippen MR) is 102 cm³/mol. The van der Waals surface area contributed by atoms with E-state index in [0.717, 1.165) is 17.8 Å². The number of unbranched alkanes of at least 4 members (excludes halogenated alkanes) is 6. The minimum absolute atomic E-state index is 0.101. The van der Waals surface area contributed by atoms with Crippen LogP contribution >= 0.6 is 23.2 Å². The molecule has 5 heteroatoms. The normalized spacial score (nSPS) is 23.8. The molecule has 2 unspecified atom stereocenters. The van der Waals surface area contributed by atoms with E-state index in [0.29, 0.717) is 18.4 Å². The lowest BCUT2D eigenvalue weighted by molar-refractivity contribution is -0.209. The average molecular weight is 379 g/mol. The van der Waals surface area contributed by atoms with Gasteiger partial charge in [0.1, 0.15) is 5.76 Å². The second-order valence-corrected chi connectivity index (χ2v) is 6.77. The highest BCUT2D eigenvalue weighted by Crippen LogP contribution is 2.36. The summed E-state index contributed by atoms with van der Waals surface area (Å²) in [5.74, 6) is 0.541. The summed E-state index contributed by atoms with van der Waals surface area (Å²) in [5.41, 5.74) is 0.877. The molecule has 24 heavy (non-hydrogen) atoms. The van der Waals surface area contributed by atoms with Crippen molar-refractivity contribution in [2.75, 3.05) is 32.6 Å². The summed E-state index contributed by atoms with van der Waals surface area (Å²) < 4.78 is 17.3. The van der Waals surface area contributed by atoms with Gasteiger partial charge < -0.3 is 14.2 Å². The first-order chi connectivity index (χ1) is 11.7. The fourth-order valence-corrected chi connectivity index (χ4v) is 3.50. The Bertz CT molecular complexity index is 409. The number of alkyl halides is 2. The Morgan fingerprint density at radius 3 is 2.25 bits per heavy atom. The molecule has 140 valence electrons. The molecule has 0 aliphatic heterocycles. The summed E-state index contributed by atoms with van der Waals surface area (Å²) in [4.78, 5) is 0. The maximum Gasteiger partial charge on any atom is 0.195 e. The number of methoxy groups -OCH3 is 2. The van der Waals surface area contributed by atoms with Crippen molar-refractivity contribution >= 4 is 23.2 Å². The third-order valence-electron chi connectivity index (χ3n) is 4.49. The van der Waals surface area contributed by atoms with Crippen molar-refractivity contribution in [3.05, 3.63) is 23.5 Å². The van der Waals surface area contributed by atoms with Crippen molar-refractivity contribution in [2.24, 2.45) is 5.92 Å². The monoisotopic (exact) mass is 378 g/mol. The van der Waals surface area contributed by atoms with Crippen LogP contribution in [0.15, 0.2) is 23.5 Å². The predicted octanol–water partition coefficient (Wildman–Crippen LogP) is 5.66. The highest BCUT2D eigenvalue weighted by molar-refractivity contribution is 6.20. The van der Waals surface area contributed by atoms with Crippen molar-refractivity contribution in [3.63, 3.8) is 0 Å². The molecule has 1 aliphatic rings. The highest BCUT2D eigenvalue weighted by atomic mass is 35.5. The van der Waals surface area contributed by atoms with Crippen molar-refractivity contribution in [1.29, 1.82) is 0 Å². The smallest absolute Gasteiger partial charge is 0.195 e. The van der Waals surface area contributed by atoms with E-state index in [1.54, 1.807) is 14.2 Å². The van der Waals surface area contributed by atoms with Crippen LogP contribution in [0.3, 0.4) is 0 Å². The van der Waals surface area contributed by atoms with Gasteiger partial charge in [-0.15, -0.1) is 23.2 Å². The Morgan fingerprint density at radius 2 is 1.71 bits per heavy atom. The molecule has 0 aromatic heterocycles. The van der Waals surface area contributed by atoms with E-state index in [9.17, 15) is 0 Å². The van der Waals surface area contributed by atoms with E-state index >= 15 is 0 Å². The first-order valence-electron chi connectivity index (χ1n) is 8.96. The molecule has 0 N–H and O–H groups in total. The molecular weight excluding hydrogens is 347 g/mol. The lowest BCUT2D eigenvalue weighted by Gasteiger charge is -2.38. The molecular formula is C19H32Cl2O3. The second kappa shape index (κ2) is 12.2. The molecule has 0 amide bonds. The minimum Gasteiger partial charge on any atom is -0.497 e. The average Bonchev–Trinajstić information content (AvgIpc) is 2.63. The lowest BCUT2D eigenvalue weighted by Crippen LogP contribution is -2.44. The van der Waals surface area contributed by atoms with Crippen LogP contribution in [0.5, 0.6) is 0 Å². The SMILES string of the molecule is CCCCCCCCCOC1(OC)C=C(CCl)C(OC)=CC1CCl. The second-order valence-electron chi connectivity index (χ2n) is 6.19. The number of ether oxygens (including phenoxy) is 3. The molecule has 0 spiro atoms. The number of rotatable bonds is 13. The van der Waals surface area contributed by atoms with E-state index in [1.807, 2.05) is 12.2 Å². The van der Waals surface area contributed by atoms with Crippen LogP contribution in [0.25, 0.3) is 0 Å². The van der Waals surface area contributed by atoms with Gasteiger partial charge in [-0.25, -0.2) is 0 Å². The van der Waals surface area contributed by atoms with Crippen molar-refractivity contribution in [2.45, 2.75) is 57.7 Å². The fourth-order valence-electron chi connectivity index (χ4n) is 2.99. The first-order valence-corrected chi connectivity index (χ1v) is 10.0. The third-order valence-corrected chi connectivity index (χ3v) is 5.11. The molecule has 0 saturated heterocycles. The van der Waals surface area contributed by atoms with Gasteiger partial charge in [-0.3, -0.25) is 0 Å². The third kappa shape index (κ3) is 6.25. The molecule has 0 aromatic carbocycles. The topological polar surface area (TPSA) is 27.7 Å². The van der Waals surface area contributed by atoms with Crippen LogP contribution in [-0.4, -0.2) is 38.4 Å². The maximum absolute atomic E-state index is 6.15. The van der Waals surface area contributed by atoms with Crippen LogP contribution in [0, 0.1) is 5.92 Å². The zero-order valence-corrected chi connectivity index (χ0v) is 16.8. The van der Waals surface area contributed by atoms with Crippen LogP contribution in [0.2, 0.25) is 0 Å². The molecule has 1 aliphatic carbocycles. The zero-order chi connectivity index (χ0) is 17.8. The van der Waals surface area contributed by atoms with E-state index < -0.39 is 5.79 Å². The minimum atomic E-state index is -0.851. The summed E-state index contributed by atoms with van der Waals surface area (Å²) in [6.45, 7) is 2.89. The van der Waals surface area contributed by atoms with Gasteiger partial charge in [0.05, 0.1) is 25.5 Å². The summed E-state index contributed by atoms with van der Waals surface area (Å²) in [6, 6.07) is 0. The highest BCUT2D eigenvalue weighted by Gasteiger charge is 2.40. The molecule has 0 saturated carbocycles. The largest absolute Gasteiger partial charge is 0.497 e. The van der Waals surface area contributed by atoms with Gasteiger partial charge in [-0.05, 0) is 18.6 Å². The Hall–Kier alpha value is -0.220. The van der Waals surface area contributed by atoms with Gasteiger partial charge in [0.15, 0.2) is 5.79 Å². The van der Waals surface area contributed by atoms with Gasteiger partial charge in [0, 0.05) is 18.6 Å². The van der Waals surface area contributed by atoms with Gasteiger partial charge in [-0.2, -0.15) is 0 Å². The van der Waals surface area contributed by atoms with Gasteiger partial charge in [-0.1, -0.05) is 45.4 Å². The summed E-state index contributed by atoms with van der Waals surface area (Å²) >= 11 is 12.2. The summed E-state index contributed by atoms with van der Waals surface area (Å²) in [6.07, 6.45) is 12.6. The first kappa shape index (κ1) is 21.8. The fraction of sp³-hybridized carbons (Fsp3) is 0.789. The Kier molecular flexibility index (Phi) is 11.1. The number of allylic oxidation sites excluding steroid dienone is 1. The van der Waals surface area contributed by atoms with Gasteiger partial charge in [0.25, 0.3) is 0 Å². The maximum atomic E-state index is 6.15. The van der Waals surface area contributed by atoms with Crippen molar-refractivity contribution < 1.29 is 14.2 Å². The van der Waals surface area contributed by atoms with Crippen LogP contribution in [0.1, 0.15) is 51.9 Å². The molecule has 0 aromatic rings. The molecule has 0 bridgehead atoms. The Labute approximate surface area is 157 Å². The molecule has 1 rings (SSSR count). The van der Waals surface area contributed by atoms with E-state index in [1.165, 1.54) is 38.5 Å². The number of halogens is 2. The molecule has 2 atom stereocenters.